The van der Waals surface area contributed by atoms with Crippen molar-refractivity contribution in [1.82, 2.24) is 14.8 Å². The van der Waals surface area contributed by atoms with Crippen LogP contribution in [0.25, 0.3) is 11.0 Å². The highest BCUT2D eigenvalue weighted by atomic mass is 19.4. The number of carbonyl (C=O) groups is 1. The fourth-order valence-corrected chi connectivity index (χ4v) is 2.97. The summed E-state index contributed by atoms with van der Waals surface area (Å²) in [7, 11) is 0. The molecule has 0 aliphatic carbocycles. The predicted molar refractivity (Wildman–Crippen MR) is 96.5 cm³/mol. The van der Waals surface area contributed by atoms with Gasteiger partial charge in [-0.05, 0) is 57.0 Å². The average molecular weight is 376 g/mol. The molecule has 0 aliphatic heterocycles. The van der Waals surface area contributed by atoms with Gasteiger partial charge >= 0.3 is 6.18 Å². The summed E-state index contributed by atoms with van der Waals surface area (Å²) in [6, 6.07) is 6.50. The number of aromatic nitrogens is 3. The molecule has 0 fully saturated rings. The fraction of sp³-hybridized carbons (Fsp3) is 0.316. The van der Waals surface area contributed by atoms with Gasteiger partial charge < -0.3 is 5.32 Å². The molecule has 2 heterocycles. The molecule has 8 heteroatoms. The van der Waals surface area contributed by atoms with E-state index in [1.807, 2.05) is 26.0 Å². The Labute approximate surface area is 154 Å². The van der Waals surface area contributed by atoms with Gasteiger partial charge in [-0.25, -0.2) is 9.67 Å². The number of nitrogens with one attached hydrogen (secondary N) is 1. The zero-order valence-electron chi connectivity index (χ0n) is 15.4. The van der Waals surface area contributed by atoms with Gasteiger partial charge in [0.1, 0.15) is 6.54 Å². The van der Waals surface area contributed by atoms with Crippen molar-refractivity contribution >= 4 is 22.6 Å². The van der Waals surface area contributed by atoms with E-state index in [0.717, 1.165) is 17.2 Å². The van der Waals surface area contributed by atoms with E-state index in [-0.39, 0.29) is 34.9 Å². The molecule has 1 aromatic carbocycles. The van der Waals surface area contributed by atoms with Crippen LogP contribution >= 0.6 is 0 Å². The second-order valence-corrected chi connectivity index (χ2v) is 6.60. The molecule has 2 aromatic heterocycles. The number of halogens is 3. The number of benzene rings is 1. The van der Waals surface area contributed by atoms with Crippen LogP contribution in [0.4, 0.5) is 18.9 Å². The Morgan fingerprint density at radius 2 is 1.81 bits per heavy atom. The number of anilines is 1. The number of aryl methyl sites for hydroxylation is 4. The standard InChI is InChI=1S/C19H19F3N4O/c1-10-5-6-14(7-11(10)2)24-16(27)9-26-18-17(13(4)25-26)15(19(20,21)22)8-12(3)23-18/h5-8H,9H2,1-4H3,(H,24,27). The first-order chi connectivity index (χ1) is 12.6. The molecule has 0 spiro atoms. The van der Waals surface area contributed by atoms with Crippen molar-refractivity contribution in [3.8, 4) is 0 Å². The van der Waals surface area contributed by atoms with Crippen LogP contribution in [0, 0.1) is 27.7 Å². The molecule has 0 unspecified atom stereocenters. The maximum Gasteiger partial charge on any atom is 0.417 e. The maximum atomic E-state index is 13.4. The number of pyridine rings is 1. The van der Waals surface area contributed by atoms with Crippen LogP contribution in [0.3, 0.4) is 0 Å². The molecule has 5 nitrogen and oxygen atoms in total. The molecule has 0 atom stereocenters. The number of hydrogen-bond donors (Lipinski definition) is 1. The fourth-order valence-electron chi connectivity index (χ4n) is 2.97. The Morgan fingerprint density at radius 1 is 1.11 bits per heavy atom. The van der Waals surface area contributed by atoms with Gasteiger partial charge in [0.25, 0.3) is 0 Å². The summed E-state index contributed by atoms with van der Waals surface area (Å²) in [6.45, 7) is 6.63. The topological polar surface area (TPSA) is 59.8 Å². The van der Waals surface area contributed by atoms with Gasteiger partial charge in [0, 0.05) is 11.4 Å². The monoisotopic (exact) mass is 376 g/mol. The Morgan fingerprint density at radius 3 is 2.44 bits per heavy atom. The number of hydrogen-bond acceptors (Lipinski definition) is 3. The van der Waals surface area contributed by atoms with Crippen molar-refractivity contribution in [2.75, 3.05) is 5.32 Å². The lowest BCUT2D eigenvalue weighted by Crippen LogP contribution is -2.20. The van der Waals surface area contributed by atoms with E-state index >= 15 is 0 Å². The molecule has 1 amide bonds. The van der Waals surface area contributed by atoms with Crippen molar-refractivity contribution in [3.05, 3.63) is 52.3 Å². The SMILES string of the molecule is Cc1cc(C(F)(F)F)c2c(C)nn(CC(=O)Nc3ccc(C)c(C)c3)c2n1. The lowest BCUT2D eigenvalue weighted by Gasteiger charge is -2.10. The predicted octanol–water partition coefficient (Wildman–Crippen LogP) is 4.32. The van der Waals surface area contributed by atoms with E-state index in [4.69, 9.17) is 0 Å². The van der Waals surface area contributed by atoms with E-state index < -0.39 is 11.7 Å². The van der Waals surface area contributed by atoms with Crippen LogP contribution < -0.4 is 5.32 Å². The molecule has 0 saturated carbocycles. The van der Waals surface area contributed by atoms with Gasteiger partial charge in [-0.1, -0.05) is 6.07 Å². The van der Waals surface area contributed by atoms with E-state index in [2.05, 4.69) is 15.4 Å². The lowest BCUT2D eigenvalue weighted by atomic mass is 10.1. The number of nitrogens with zero attached hydrogens (tertiary/aromatic N) is 3. The van der Waals surface area contributed by atoms with Gasteiger partial charge in [0.2, 0.25) is 5.91 Å². The van der Waals surface area contributed by atoms with Crippen molar-refractivity contribution in [2.45, 2.75) is 40.4 Å². The smallest absolute Gasteiger partial charge is 0.324 e. The van der Waals surface area contributed by atoms with E-state index in [0.29, 0.717) is 5.69 Å². The second-order valence-electron chi connectivity index (χ2n) is 6.60. The summed E-state index contributed by atoms with van der Waals surface area (Å²) in [5, 5.41) is 6.78. The van der Waals surface area contributed by atoms with Crippen molar-refractivity contribution in [1.29, 1.82) is 0 Å². The zero-order valence-corrected chi connectivity index (χ0v) is 15.4. The first-order valence-corrected chi connectivity index (χ1v) is 8.35. The van der Waals surface area contributed by atoms with Gasteiger partial charge in [-0.3, -0.25) is 4.79 Å². The first-order valence-electron chi connectivity index (χ1n) is 8.35. The number of carbonyl (C=O) groups excluding carboxylic acids is 1. The molecule has 0 radical (unpaired) electrons. The van der Waals surface area contributed by atoms with Gasteiger partial charge in [0.15, 0.2) is 5.65 Å². The summed E-state index contributed by atoms with van der Waals surface area (Å²) in [4.78, 5) is 16.6. The Balaban J connectivity index is 1.94. The molecule has 27 heavy (non-hydrogen) atoms. The molecule has 3 rings (SSSR count). The van der Waals surface area contributed by atoms with Crippen LogP contribution in [0.15, 0.2) is 24.3 Å². The molecule has 0 aliphatic rings. The second kappa shape index (κ2) is 6.68. The minimum Gasteiger partial charge on any atom is -0.324 e. The van der Waals surface area contributed by atoms with Crippen LogP contribution in [0.2, 0.25) is 0 Å². The lowest BCUT2D eigenvalue weighted by molar-refractivity contribution is -0.136. The van der Waals surface area contributed by atoms with Crippen LogP contribution in [-0.4, -0.2) is 20.7 Å². The highest BCUT2D eigenvalue weighted by molar-refractivity contribution is 5.92. The number of fused-ring (bicyclic) bond motifs is 1. The molecule has 3 aromatic rings. The highest BCUT2D eigenvalue weighted by Crippen LogP contribution is 2.36. The zero-order chi connectivity index (χ0) is 19.9. The number of rotatable bonds is 3. The summed E-state index contributed by atoms with van der Waals surface area (Å²) < 4.78 is 41.3. The molecule has 1 N–H and O–H groups in total. The third kappa shape index (κ3) is 3.79. The van der Waals surface area contributed by atoms with Crippen LogP contribution in [-0.2, 0) is 17.5 Å². The highest BCUT2D eigenvalue weighted by Gasteiger charge is 2.35. The molecular weight excluding hydrogens is 357 g/mol. The Kier molecular flexibility index (Phi) is 4.67. The third-order valence-electron chi connectivity index (χ3n) is 4.39. The summed E-state index contributed by atoms with van der Waals surface area (Å²) in [5.74, 6) is -0.389. The first kappa shape index (κ1) is 18.9. The largest absolute Gasteiger partial charge is 0.417 e. The number of alkyl halides is 3. The van der Waals surface area contributed by atoms with Crippen LogP contribution in [0.5, 0.6) is 0 Å². The minimum atomic E-state index is -4.52. The number of amides is 1. The maximum absolute atomic E-state index is 13.4. The summed E-state index contributed by atoms with van der Waals surface area (Å²) >= 11 is 0. The summed E-state index contributed by atoms with van der Waals surface area (Å²) in [6.07, 6.45) is -4.52. The molecule has 0 saturated heterocycles. The minimum absolute atomic E-state index is 0.0510. The quantitative estimate of drug-likeness (QED) is 0.741. The van der Waals surface area contributed by atoms with E-state index in [1.165, 1.54) is 18.5 Å². The van der Waals surface area contributed by atoms with Crippen LogP contribution in [0.1, 0.15) is 28.1 Å². The molecule has 142 valence electrons. The van der Waals surface area contributed by atoms with E-state index in [1.54, 1.807) is 6.07 Å². The Hall–Kier alpha value is -2.90. The van der Waals surface area contributed by atoms with Crippen molar-refractivity contribution in [3.63, 3.8) is 0 Å². The Bertz CT molecular complexity index is 1040. The van der Waals surface area contributed by atoms with Gasteiger partial charge in [-0.15, -0.1) is 0 Å². The van der Waals surface area contributed by atoms with Gasteiger partial charge in [-0.2, -0.15) is 18.3 Å². The molecule has 0 bridgehead atoms. The van der Waals surface area contributed by atoms with Crippen molar-refractivity contribution in [2.24, 2.45) is 0 Å². The van der Waals surface area contributed by atoms with Gasteiger partial charge in [0.05, 0.1) is 16.6 Å². The van der Waals surface area contributed by atoms with E-state index in [9.17, 15) is 18.0 Å². The normalized spacial score (nSPS) is 11.8. The average Bonchev–Trinajstić information content (AvgIpc) is 2.85. The third-order valence-corrected chi connectivity index (χ3v) is 4.39. The molecular formula is C19H19F3N4O. The summed E-state index contributed by atoms with van der Waals surface area (Å²) in [5.41, 5.74) is 2.41. The van der Waals surface area contributed by atoms with Crippen molar-refractivity contribution < 1.29 is 18.0 Å².